The highest BCUT2D eigenvalue weighted by Crippen LogP contribution is 2.36. The van der Waals surface area contributed by atoms with Gasteiger partial charge in [-0.15, -0.1) is 0 Å². The standard InChI is InChI=1S/C26H23N3O5/c1-18-26(31)28(16-15-19-5-3-2-4-6-19)23-13-10-21(17-24(23)34-18)27-25(30)14-9-20-7-11-22(12-8-20)29(32)33/h2-14,17-18H,15-16H2,1H3,(H,27,30)/b14-9+. The first-order valence-corrected chi connectivity index (χ1v) is 10.8. The summed E-state index contributed by atoms with van der Waals surface area (Å²) in [6.45, 7) is 2.23. The Morgan fingerprint density at radius 1 is 1.12 bits per heavy atom. The van der Waals surface area contributed by atoms with Gasteiger partial charge in [0, 0.05) is 36.5 Å². The summed E-state index contributed by atoms with van der Waals surface area (Å²) in [7, 11) is 0. The Morgan fingerprint density at radius 3 is 2.56 bits per heavy atom. The van der Waals surface area contributed by atoms with Gasteiger partial charge in [-0.05, 0) is 54.8 Å². The molecule has 2 amide bonds. The van der Waals surface area contributed by atoms with Crippen molar-refractivity contribution < 1.29 is 19.2 Å². The van der Waals surface area contributed by atoms with Crippen LogP contribution in [0.2, 0.25) is 0 Å². The van der Waals surface area contributed by atoms with Gasteiger partial charge in [0.1, 0.15) is 5.75 Å². The first kappa shape index (κ1) is 22.7. The van der Waals surface area contributed by atoms with Gasteiger partial charge in [0.2, 0.25) is 5.91 Å². The second-order valence-electron chi connectivity index (χ2n) is 7.84. The molecular weight excluding hydrogens is 434 g/mol. The maximum atomic E-state index is 12.7. The number of carbonyl (C=O) groups excluding carboxylic acids is 2. The summed E-state index contributed by atoms with van der Waals surface area (Å²) >= 11 is 0. The Balaban J connectivity index is 1.44. The molecular formula is C26H23N3O5. The Morgan fingerprint density at radius 2 is 1.85 bits per heavy atom. The number of nitro benzene ring substituents is 1. The molecule has 0 radical (unpaired) electrons. The van der Waals surface area contributed by atoms with Gasteiger partial charge in [-0.1, -0.05) is 30.3 Å². The molecule has 0 saturated carbocycles. The summed E-state index contributed by atoms with van der Waals surface area (Å²) in [4.78, 5) is 37.1. The van der Waals surface area contributed by atoms with Crippen molar-refractivity contribution in [2.45, 2.75) is 19.4 Å². The van der Waals surface area contributed by atoms with Gasteiger partial charge in [0.15, 0.2) is 6.10 Å². The van der Waals surface area contributed by atoms with Crippen LogP contribution in [0.4, 0.5) is 17.1 Å². The van der Waals surface area contributed by atoms with E-state index in [4.69, 9.17) is 4.74 Å². The van der Waals surface area contributed by atoms with Crippen LogP contribution in [0.25, 0.3) is 6.08 Å². The summed E-state index contributed by atoms with van der Waals surface area (Å²) in [5.74, 6) is 0.0581. The fraction of sp³-hybridized carbons (Fsp3) is 0.154. The van der Waals surface area contributed by atoms with Crippen molar-refractivity contribution in [2.24, 2.45) is 0 Å². The highest BCUT2D eigenvalue weighted by atomic mass is 16.6. The van der Waals surface area contributed by atoms with E-state index in [1.54, 1.807) is 48.2 Å². The van der Waals surface area contributed by atoms with Crippen LogP contribution in [0, 0.1) is 10.1 Å². The lowest BCUT2D eigenvalue weighted by Gasteiger charge is -2.33. The number of non-ortho nitro benzene ring substituents is 1. The number of nitrogens with one attached hydrogen (secondary N) is 1. The third-order valence-corrected chi connectivity index (χ3v) is 5.43. The molecule has 8 heteroatoms. The van der Waals surface area contributed by atoms with Gasteiger partial charge < -0.3 is 15.0 Å². The number of anilines is 2. The first-order valence-electron chi connectivity index (χ1n) is 10.8. The van der Waals surface area contributed by atoms with Crippen molar-refractivity contribution in [3.8, 4) is 5.75 Å². The van der Waals surface area contributed by atoms with Crippen LogP contribution in [0.1, 0.15) is 18.1 Å². The highest BCUT2D eigenvalue weighted by molar-refractivity contribution is 6.03. The van der Waals surface area contributed by atoms with E-state index >= 15 is 0 Å². The summed E-state index contributed by atoms with van der Waals surface area (Å²) in [6.07, 6.45) is 3.00. The summed E-state index contributed by atoms with van der Waals surface area (Å²) in [5.41, 5.74) is 2.98. The third kappa shape index (κ3) is 5.29. The minimum absolute atomic E-state index is 0.0128. The molecule has 0 spiro atoms. The molecule has 1 unspecified atom stereocenters. The quantitative estimate of drug-likeness (QED) is 0.317. The van der Waals surface area contributed by atoms with Crippen LogP contribution >= 0.6 is 0 Å². The fourth-order valence-electron chi connectivity index (χ4n) is 3.67. The zero-order chi connectivity index (χ0) is 24.1. The van der Waals surface area contributed by atoms with Crippen LogP contribution in [-0.4, -0.2) is 29.4 Å². The average Bonchev–Trinajstić information content (AvgIpc) is 2.84. The van der Waals surface area contributed by atoms with E-state index in [0.29, 0.717) is 35.7 Å². The van der Waals surface area contributed by atoms with Gasteiger partial charge >= 0.3 is 0 Å². The predicted molar refractivity (Wildman–Crippen MR) is 130 cm³/mol. The molecule has 0 saturated heterocycles. The Kier molecular flexibility index (Phi) is 6.68. The molecule has 1 N–H and O–H groups in total. The number of fused-ring (bicyclic) bond motifs is 1. The monoisotopic (exact) mass is 457 g/mol. The average molecular weight is 457 g/mol. The number of ether oxygens (including phenoxy) is 1. The van der Waals surface area contributed by atoms with Crippen LogP contribution < -0.4 is 15.0 Å². The first-order chi connectivity index (χ1) is 16.4. The Bertz CT molecular complexity index is 1240. The number of rotatable bonds is 7. The SMILES string of the molecule is CC1Oc2cc(NC(=O)/C=C/c3ccc([N+](=O)[O-])cc3)ccc2N(CCc2ccccc2)C1=O. The van der Waals surface area contributed by atoms with E-state index < -0.39 is 11.0 Å². The number of amides is 2. The topological polar surface area (TPSA) is 102 Å². The van der Waals surface area contributed by atoms with Gasteiger partial charge in [-0.3, -0.25) is 19.7 Å². The number of nitro groups is 1. The van der Waals surface area contributed by atoms with Crippen molar-refractivity contribution in [3.05, 3.63) is 100 Å². The molecule has 34 heavy (non-hydrogen) atoms. The molecule has 1 atom stereocenters. The zero-order valence-corrected chi connectivity index (χ0v) is 18.5. The lowest BCUT2D eigenvalue weighted by Crippen LogP contribution is -2.45. The number of carbonyl (C=O) groups is 2. The lowest BCUT2D eigenvalue weighted by atomic mass is 10.1. The van der Waals surface area contributed by atoms with Crippen LogP contribution in [0.5, 0.6) is 5.75 Å². The van der Waals surface area contributed by atoms with Gasteiger partial charge in [-0.2, -0.15) is 0 Å². The second-order valence-corrected chi connectivity index (χ2v) is 7.84. The van der Waals surface area contributed by atoms with Crippen LogP contribution in [0.3, 0.4) is 0 Å². The summed E-state index contributed by atoms with van der Waals surface area (Å²) in [6, 6.07) is 21.0. The molecule has 0 aliphatic carbocycles. The highest BCUT2D eigenvalue weighted by Gasteiger charge is 2.31. The van der Waals surface area contributed by atoms with Crippen molar-refractivity contribution in [1.82, 2.24) is 0 Å². The largest absolute Gasteiger partial charge is 0.479 e. The molecule has 1 aliphatic rings. The fourth-order valence-corrected chi connectivity index (χ4v) is 3.67. The van der Waals surface area contributed by atoms with E-state index in [1.807, 2.05) is 30.3 Å². The van der Waals surface area contributed by atoms with Crippen LogP contribution in [-0.2, 0) is 16.0 Å². The lowest BCUT2D eigenvalue weighted by molar-refractivity contribution is -0.384. The maximum Gasteiger partial charge on any atom is 0.269 e. The third-order valence-electron chi connectivity index (χ3n) is 5.43. The molecule has 3 aromatic rings. The molecule has 0 fully saturated rings. The molecule has 0 bridgehead atoms. The zero-order valence-electron chi connectivity index (χ0n) is 18.5. The van der Waals surface area contributed by atoms with Gasteiger partial charge in [0.05, 0.1) is 10.6 Å². The van der Waals surface area contributed by atoms with Gasteiger partial charge in [0.25, 0.3) is 11.6 Å². The Labute approximate surface area is 196 Å². The molecule has 1 heterocycles. The maximum absolute atomic E-state index is 12.7. The van der Waals surface area contributed by atoms with E-state index in [9.17, 15) is 19.7 Å². The summed E-state index contributed by atoms with van der Waals surface area (Å²) in [5, 5.41) is 13.5. The van der Waals surface area contributed by atoms with Crippen molar-refractivity contribution in [3.63, 3.8) is 0 Å². The number of hydrogen-bond acceptors (Lipinski definition) is 5. The number of hydrogen-bond donors (Lipinski definition) is 1. The van der Waals surface area contributed by atoms with Gasteiger partial charge in [-0.25, -0.2) is 0 Å². The minimum atomic E-state index is -0.628. The molecule has 172 valence electrons. The number of nitrogens with zero attached hydrogens (tertiary/aromatic N) is 2. The van der Waals surface area contributed by atoms with E-state index in [-0.39, 0.29) is 17.5 Å². The molecule has 0 aromatic heterocycles. The second kappa shape index (κ2) is 9.99. The van der Waals surface area contributed by atoms with E-state index in [0.717, 1.165) is 5.56 Å². The Hall–Kier alpha value is -4.46. The molecule has 4 rings (SSSR count). The molecule has 1 aliphatic heterocycles. The van der Waals surface area contributed by atoms with Crippen molar-refractivity contribution in [1.29, 1.82) is 0 Å². The summed E-state index contributed by atoms with van der Waals surface area (Å²) < 4.78 is 5.79. The molecule has 8 nitrogen and oxygen atoms in total. The normalized spacial score (nSPS) is 15.0. The number of benzene rings is 3. The molecule has 3 aromatic carbocycles. The van der Waals surface area contributed by atoms with Crippen molar-refractivity contribution in [2.75, 3.05) is 16.8 Å². The van der Waals surface area contributed by atoms with Crippen molar-refractivity contribution >= 4 is 35.0 Å². The minimum Gasteiger partial charge on any atom is -0.479 e. The van der Waals surface area contributed by atoms with E-state index in [2.05, 4.69) is 5.32 Å². The smallest absolute Gasteiger partial charge is 0.269 e. The predicted octanol–water partition coefficient (Wildman–Crippen LogP) is 4.60. The van der Waals surface area contributed by atoms with Crippen LogP contribution in [0.15, 0.2) is 78.9 Å². The van der Waals surface area contributed by atoms with E-state index in [1.165, 1.54) is 18.2 Å².